The topological polar surface area (TPSA) is 20.3 Å². The first kappa shape index (κ1) is 11.7. The predicted molar refractivity (Wildman–Crippen MR) is 63.8 cm³/mol. The second kappa shape index (κ2) is 4.94. The van der Waals surface area contributed by atoms with E-state index in [2.05, 4.69) is 29.8 Å². The maximum Gasteiger partial charge on any atom is 0.264 e. The first-order valence-electron chi connectivity index (χ1n) is 4.50. The van der Waals surface area contributed by atoms with E-state index >= 15 is 0 Å². The zero-order chi connectivity index (χ0) is 10.7. The van der Waals surface area contributed by atoms with E-state index in [9.17, 15) is 4.79 Å². The largest absolute Gasteiger partial charge is 0.341 e. The van der Waals surface area contributed by atoms with Crippen LogP contribution in [0.1, 0.15) is 23.5 Å². The van der Waals surface area contributed by atoms with Crippen LogP contribution in [0.2, 0.25) is 0 Å². The Kier molecular flexibility index (Phi) is 4.13. The molecule has 0 saturated carbocycles. The van der Waals surface area contributed by atoms with Gasteiger partial charge in [0, 0.05) is 18.1 Å². The predicted octanol–water partition coefficient (Wildman–Crippen LogP) is 3.24. The van der Waals surface area contributed by atoms with Gasteiger partial charge in [0.25, 0.3) is 5.91 Å². The molecule has 0 saturated heterocycles. The molecule has 4 heteroatoms. The van der Waals surface area contributed by atoms with Crippen LogP contribution < -0.4 is 0 Å². The van der Waals surface area contributed by atoms with E-state index in [0.717, 1.165) is 15.9 Å². The molecule has 0 fully saturated rings. The Morgan fingerprint density at radius 3 is 2.71 bits per heavy atom. The summed E-state index contributed by atoms with van der Waals surface area (Å²) in [6, 6.07) is 1.90. The normalized spacial score (nSPS) is 10.6. The highest BCUT2D eigenvalue weighted by Crippen LogP contribution is 2.23. The van der Waals surface area contributed by atoms with Crippen LogP contribution in [-0.4, -0.2) is 24.4 Å². The van der Waals surface area contributed by atoms with Crippen molar-refractivity contribution in [2.24, 2.45) is 5.92 Å². The molecule has 1 aromatic heterocycles. The second-order valence-corrected chi connectivity index (χ2v) is 5.45. The van der Waals surface area contributed by atoms with Gasteiger partial charge in [-0.2, -0.15) is 0 Å². The summed E-state index contributed by atoms with van der Waals surface area (Å²) in [4.78, 5) is 14.4. The van der Waals surface area contributed by atoms with Crippen LogP contribution in [0.25, 0.3) is 0 Å². The molecule has 0 aliphatic rings. The average Bonchev–Trinajstić information content (AvgIpc) is 2.48. The number of amides is 1. The summed E-state index contributed by atoms with van der Waals surface area (Å²) in [5, 5.41) is 1.92. The third kappa shape index (κ3) is 2.82. The minimum atomic E-state index is 0.0978. The average molecular weight is 276 g/mol. The molecule has 1 aromatic rings. The molecular formula is C10H14BrNOS. The Bertz CT molecular complexity index is 322. The number of carbonyl (C=O) groups excluding carboxylic acids is 1. The van der Waals surface area contributed by atoms with Gasteiger partial charge >= 0.3 is 0 Å². The number of nitrogens with zero attached hydrogens (tertiary/aromatic N) is 1. The van der Waals surface area contributed by atoms with Crippen molar-refractivity contribution >= 4 is 33.2 Å². The second-order valence-electron chi connectivity index (χ2n) is 3.68. The summed E-state index contributed by atoms with van der Waals surface area (Å²) in [5.41, 5.74) is 0. The zero-order valence-corrected chi connectivity index (χ0v) is 11.0. The van der Waals surface area contributed by atoms with E-state index in [1.165, 1.54) is 11.3 Å². The van der Waals surface area contributed by atoms with E-state index < -0.39 is 0 Å². The van der Waals surface area contributed by atoms with Crippen molar-refractivity contribution in [3.8, 4) is 0 Å². The molecule has 0 atom stereocenters. The third-order valence-corrected chi connectivity index (χ3v) is 3.62. The Morgan fingerprint density at radius 2 is 2.29 bits per heavy atom. The van der Waals surface area contributed by atoms with Gasteiger partial charge in [-0.05, 0) is 33.3 Å². The lowest BCUT2D eigenvalue weighted by molar-refractivity contribution is 0.0783. The van der Waals surface area contributed by atoms with Crippen LogP contribution in [0.5, 0.6) is 0 Å². The molecule has 0 aliphatic heterocycles. The molecular weight excluding hydrogens is 262 g/mol. The summed E-state index contributed by atoms with van der Waals surface area (Å²) >= 11 is 4.84. The van der Waals surface area contributed by atoms with Crippen molar-refractivity contribution in [2.45, 2.75) is 13.8 Å². The van der Waals surface area contributed by atoms with Gasteiger partial charge in [0.1, 0.15) is 4.88 Å². The van der Waals surface area contributed by atoms with Gasteiger partial charge in [0.15, 0.2) is 0 Å². The molecule has 0 radical (unpaired) electrons. The quantitative estimate of drug-likeness (QED) is 0.830. The maximum atomic E-state index is 11.9. The van der Waals surface area contributed by atoms with E-state index in [1.54, 1.807) is 4.90 Å². The molecule has 0 N–H and O–H groups in total. The van der Waals surface area contributed by atoms with Crippen molar-refractivity contribution in [2.75, 3.05) is 13.6 Å². The zero-order valence-electron chi connectivity index (χ0n) is 8.58. The van der Waals surface area contributed by atoms with Crippen LogP contribution in [0.4, 0.5) is 0 Å². The fraction of sp³-hybridized carbons (Fsp3) is 0.500. The number of halogens is 1. The molecule has 0 aromatic carbocycles. The summed E-state index contributed by atoms with van der Waals surface area (Å²) in [6.07, 6.45) is 0. The standard InChI is InChI=1S/C10H14BrNOS/c1-7(2)6-12(3)10(13)9-8(11)4-5-14-9/h4-5,7H,6H2,1-3H3. The Morgan fingerprint density at radius 1 is 1.64 bits per heavy atom. The number of hydrogen-bond acceptors (Lipinski definition) is 2. The molecule has 14 heavy (non-hydrogen) atoms. The minimum Gasteiger partial charge on any atom is -0.341 e. The van der Waals surface area contributed by atoms with E-state index in [1.807, 2.05) is 18.5 Å². The third-order valence-electron chi connectivity index (χ3n) is 1.80. The van der Waals surface area contributed by atoms with Gasteiger partial charge in [0.2, 0.25) is 0 Å². The number of hydrogen-bond donors (Lipinski definition) is 0. The first-order chi connectivity index (χ1) is 6.52. The summed E-state index contributed by atoms with van der Waals surface area (Å²) < 4.78 is 0.892. The van der Waals surface area contributed by atoms with Gasteiger partial charge in [-0.25, -0.2) is 0 Å². The summed E-state index contributed by atoms with van der Waals surface area (Å²) in [5.74, 6) is 0.600. The van der Waals surface area contributed by atoms with Crippen LogP contribution in [-0.2, 0) is 0 Å². The summed E-state index contributed by atoms with van der Waals surface area (Å²) in [7, 11) is 1.84. The van der Waals surface area contributed by atoms with Gasteiger partial charge in [-0.1, -0.05) is 13.8 Å². The van der Waals surface area contributed by atoms with Crippen molar-refractivity contribution in [1.82, 2.24) is 4.90 Å². The highest BCUT2D eigenvalue weighted by molar-refractivity contribution is 9.10. The van der Waals surface area contributed by atoms with Gasteiger partial charge in [-0.3, -0.25) is 4.79 Å². The number of thiophene rings is 1. The molecule has 0 bridgehead atoms. The molecule has 0 unspecified atom stereocenters. The molecule has 1 amide bonds. The Labute approximate surface area is 97.1 Å². The first-order valence-corrected chi connectivity index (χ1v) is 6.18. The van der Waals surface area contributed by atoms with E-state index in [4.69, 9.17) is 0 Å². The number of rotatable bonds is 3. The SMILES string of the molecule is CC(C)CN(C)C(=O)c1sccc1Br. The lowest BCUT2D eigenvalue weighted by Crippen LogP contribution is -2.29. The molecule has 1 heterocycles. The van der Waals surface area contributed by atoms with E-state index in [-0.39, 0.29) is 5.91 Å². The molecule has 78 valence electrons. The van der Waals surface area contributed by atoms with Crippen molar-refractivity contribution < 1.29 is 4.79 Å². The van der Waals surface area contributed by atoms with Crippen LogP contribution in [0.15, 0.2) is 15.9 Å². The fourth-order valence-corrected chi connectivity index (χ4v) is 2.78. The monoisotopic (exact) mass is 275 g/mol. The van der Waals surface area contributed by atoms with E-state index in [0.29, 0.717) is 5.92 Å². The smallest absolute Gasteiger partial charge is 0.264 e. The van der Waals surface area contributed by atoms with Crippen LogP contribution >= 0.6 is 27.3 Å². The summed E-state index contributed by atoms with van der Waals surface area (Å²) in [6.45, 7) is 5.00. The van der Waals surface area contributed by atoms with Gasteiger partial charge in [-0.15, -0.1) is 11.3 Å². The highest BCUT2D eigenvalue weighted by atomic mass is 79.9. The Hall–Kier alpha value is -0.350. The van der Waals surface area contributed by atoms with Crippen molar-refractivity contribution in [3.63, 3.8) is 0 Å². The molecule has 0 spiro atoms. The lowest BCUT2D eigenvalue weighted by atomic mass is 10.2. The van der Waals surface area contributed by atoms with Crippen molar-refractivity contribution in [1.29, 1.82) is 0 Å². The van der Waals surface area contributed by atoms with Gasteiger partial charge in [0.05, 0.1) is 0 Å². The minimum absolute atomic E-state index is 0.0978. The number of carbonyl (C=O) groups is 1. The fourth-order valence-electron chi connectivity index (χ4n) is 1.25. The molecule has 1 rings (SSSR count). The van der Waals surface area contributed by atoms with Crippen LogP contribution in [0, 0.1) is 5.92 Å². The van der Waals surface area contributed by atoms with Crippen molar-refractivity contribution in [3.05, 3.63) is 20.8 Å². The molecule has 0 aliphatic carbocycles. The maximum absolute atomic E-state index is 11.9. The Balaban J connectivity index is 2.71. The van der Waals surface area contributed by atoms with Gasteiger partial charge < -0.3 is 4.90 Å². The lowest BCUT2D eigenvalue weighted by Gasteiger charge is -2.18. The highest BCUT2D eigenvalue weighted by Gasteiger charge is 2.16. The molecule has 2 nitrogen and oxygen atoms in total. The van der Waals surface area contributed by atoms with Crippen LogP contribution in [0.3, 0.4) is 0 Å².